The molecule has 3 rings (SSSR count). The summed E-state index contributed by atoms with van der Waals surface area (Å²) in [6, 6.07) is 8.44. The summed E-state index contributed by atoms with van der Waals surface area (Å²) in [6.45, 7) is 13.0. The molecule has 0 spiro atoms. The SMILES string of the molecule is CCNC(=NCC1CN(CC(C)C)CCO1)NCCc1c[nH]c2ccccc12.I. The molecule has 0 saturated carbocycles. The second-order valence-corrected chi connectivity index (χ2v) is 7.90. The van der Waals surface area contributed by atoms with E-state index in [2.05, 4.69) is 71.8 Å². The first kappa shape index (κ1) is 24.0. The number of para-hydroxylation sites is 1. The summed E-state index contributed by atoms with van der Waals surface area (Å²) < 4.78 is 5.92. The number of hydrogen-bond acceptors (Lipinski definition) is 3. The summed E-state index contributed by atoms with van der Waals surface area (Å²) in [4.78, 5) is 10.6. The lowest BCUT2D eigenvalue weighted by atomic mass is 10.1. The molecule has 1 aromatic heterocycles. The van der Waals surface area contributed by atoms with E-state index in [0.29, 0.717) is 12.5 Å². The van der Waals surface area contributed by atoms with E-state index in [1.54, 1.807) is 0 Å². The molecule has 0 aliphatic carbocycles. The summed E-state index contributed by atoms with van der Waals surface area (Å²) in [6.07, 6.45) is 3.24. The average molecular weight is 513 g/mol. The molecule has 7 heteroatoms. The third-order valence-electron chi connectivity index (χ3n) is 5.01. The van der Waals surface area contributed by atoms with Crippen LogP contribution in [0, 0.1) is 5.92 Å². The standard InChI is InChI=1S/C22H35N5O.HI/c1-4-23-22(26-14-19-16-27(11-12-28-19)15-17(2)3)24-10-9-18-13-25-21-8-6-5-7-20(18)21;/h5-8,13,17,19,25H,4,9-12,14-16H2,1-3H3,(H2,23,24,26);1H. The number of aliphatic imine (C=N–C) groups is 1. The topological polar surface area (TPSA) is 64.7 Å². The third-order valence-corrected chi connectivity index (χ3v) is 5.01. The second-order valence-electron chi connectivity index (χ2n) is 7.90. The molecule has 6 nitrogen and oxygen atoms in total. The van der Waals surface area contributed by atoms with Crippen molar-refractivity contribution in [2.45, 2.75) is 33.3 Å². The van der Waals surface area contributed by atoms with Crippen LogP contribution < -0.4 is 10.6 Å². The molecule has 1 aliphatic heterocycles. The van der Waals surface area contributed by atoms with Crippen LogP contribution in [0.4, 0.5) is 0 Å². The van der Waals surface area contributed by atoms with Gasteiger partial charge in [-0.25, -0.2) is 0 Å². The van der Waals surface area contributed by atoms with Crippen molar-refractivity contribution in [3.8, 4) is 0 Å². The number of hydrogen-bond donors (Lipinski definition) is 3. The van der Waals surface area contributed by atoms with Crippen LogP contribution in [0.15, 0.2) is 35.5 Å². The Morgan fingerprint density at radius 3 is 2.93 bits per heavy atom. The Balaban J connectivity index is 0.00000300. The van der Waals surface area contributed by atoms with Gasteiger partial charge in [0, 0.05) is 49.8 Å². The van der Waals surface area contributed by atoms with Gasteiger partial charge in [0.25, 0.3) is 0 Å². The summed E-state index contributed by atoms with van der Waals surface area (Å²) >= 11 is 0. The first-order chi connectivity index (χ1) is 13.7. The van der Waals surface area contributed by atoms with Gasteiger partial charge in [-0.05, 0) is 30.9 Å². The normalized spacial score (nSPS) is 18.1. The average Bonchev–Trinajstić information content (AvgIpc) is 3.09. The van der Waals surface area contributed by atoms with E-state index in [1.807, 2.05) is 0 Å². The maximum absolute atomic E-state index is 5.92. The van der Waals surface area contributed by atoms with Crippen molar-refractivity contribution in [2.75, 3.05) is 45.9 Å². The van der Waals surface area contributed by atoms with E-state index in [1.165, 1.54) is 16.5 Å². The fraction of sp³-hybridized carbons (Fsp3) is 0.591. The molecule has 0 radical (unpaired) electrons. The number of guanidine groups is 1. The molecule has 29 heavy (non-hydrogen) atoms. The Bertz CT molecular complexity index is 760. The number of aromatic nitrogens is 1. The van der Waals surface area contributed by atoms with E-state index in [0.717, 1.165) is 51.7 Å². The van der Waals surface area contributed by atoms with Crippen LogP contribution >= 0.6 is 24.0 Å². The van der Waals surface area contributed by atoms with Crippen LogP contribution in [0.5, 0.6) is 0 Å². The maximum Gasteiger partial charge on any atom is 0.191 e. The monoisotopic (exact) mass is 513 g/mol. The smallest absolute Gasteiger partial charge is 0.191 e. The summed E-state index contributed by atoms with van der Waals surface area (Å²) in [5.74, 6) is 1.55. The lowest BCUT2D eigenvalue weighted by Gasteiger charge is -2.33. The molecule has 0 bridgehead atoms. The third kappa shape index (κ3) is 7.46. The van der Waals surface area contributed by atoms with Gasteiger partial charge in [0.15, 0.2) is 5.96 Å². The van der Waals surface area contributed by atoms with Crippen LogP contribution in [0.3, 0.4) is 0 Å². The molecule has 162 valence electrons. The van der Waals surface area contributed by atoms with Crippen LogP contribution in [0.1, 0.15) is 26.3 Å². The van der Waals surface area contributed by atoms with Crippen LogP contribution in [-0.4, -0.2) is 67.8 Å². The van der Waals surface area contributed by atoms with Crippen molar-refractivity contribution in [3.05, 3.63) is 36.0 Å². The van der Waals surface area contributed by atoms with Crippen molar-refractivity contribution < 1.29 is 4.74 Å². The van der Waals surface area contributed by atoms with Gasteiger partial charge in [0.05, 0.1) is 19.3 Å². The molecule has 1 fully saturated rings. The highest BCUT2D eigenvalue weighted by molar-refractivity contribution is 14.0. The fourth-order valence-electron chi connectivity index (χ4n) is 3.76. The molecule has 1 aliphatic rings. The number of halogens is 1. The molecular formula is C22H36IN5O. The molecule has 2 heterocycles. The highest BCUT2D eigenvalue weighted by atomic mass is 127. The van der Waals surface area contributed by atoms with Gasteiger partial charge < -0.3 is 20.4 Å². The molecule has 0 amide bonds. The lowest BCUT2D eigenvalue weighted by molar-refractivity contribution is -0.0261. The highest BCUT2D eigenvalue weighted by Gasteiger charge is 2.20. The number of H-pyrrole nitrogens is 1. The number of ether oxygens (including phenoxy) is 1. The summed E-state index contributed by atoms with van der Waals surface area (Å²) in [7, 11) is 0. The quantitative estimate of drug-likeness (QED) is 0.288. The number of morpholine rings is 1. The zero-order chi connectivity index (χ0) is 19.8. The number of rotatable bonds is 8. The minimum atomic E-state index is 0. The van der Waals surface area contributed by atoms with Gasteiger partial charge in [-0.15, -0.1) is 24.0 Å². The predicted octanol–water partition coefficient (Wildman–Crippen LogP) is 3.24. The maximum atomic E-state index is 5.92. The Hall–Kier alpha value is -1.32. The largest absolute Gasteiger partial charge is 0.374 e. The number of benzene rings is 1. The fourth-order valence-corrected chi connectivity index (χ4v) is 3.76. The highest BCUT2D eigenvalue weighted by Crippen LogP contribution is 2.17. The molecule has 1 unspecified atom stereocenters. The van der Waals surface area contributed by atoms with Gasteiger partial charge in [-0.2, -0.15) is 0 Å². The number of nitrogens with zero attached hydrogens (tertiary/aromatic N) is 2. The van der Waals surface area contributed by atoms with Crippen molar-refractivity contribution >= 4 is 40.8 Å². The Kier molecular flexibility index (Phi) is 10.2. The van der Waals surface area contributed by atoms with Gasteiger partial charge in [-0.3, -0.25) is 9.89 Å². The van der Waals surface area contributed by atoms with Gasteiger partial charge in [-0.1, -0.05) is 32.0 Å². The Morgan fingerprint density at radius 1 is 1.31 bits per heavy atom. The summed E-state index contributed by atoms with van der Waals surface area (Å²) in [5, 5.41) is 8.11. The van der Waals surface area contributed by atoms with E-state index in [4.69, 9.17) is 9.73 Å². The molecule has 2 aromatic rings. The first-order valence-electron chi connectivity index (χ1n) is 10.6. The van der Waals surface area contributed by atoms with E-state index in [-0.39, 0.29) is 30.1 Å². The van der Waals surface area contributed by atoms with Gasteiger partial charge >= 0.3 is 0 Å². The molecule has 1 aromatic carbocycles. The lowest BCUT2D eigenvalue weighted by Crippen LogP contribution is -2.46. The minimum Gasteiger partial charge on any atom is -0.374 e. The molecule has 1 atom stereocenters. The van der Waals surface area contributed by atoms with Crippen molar-refractivity contribution in [1.82, 2.24) is 20.5 Å². The zero-order valence-electron chi connectivity index (χ0n) is 17.9. The minimum absolute atomic E-state index is 0. The van der Waals surface area contributed by atoms with E-state index < -0.39 is 0 Å². The Labute approximate surface area is 191 Å². The van der Waals surface area contributed by atoms with Crippen LogP contribution in [-0.2, 0) is 11.2 Å². The van der Waals surface area contributed by atoms with Crippen LogP contribution in [0.25, 0.3) is 10.9 Å². The van der Waals surface area contributed by atoms with Gasteiger partial charge in [0.1, 0.15) is 0 Å². The number of nitrogens with one attached hydrogen (secondary N) is 3. The molecular weight excluding hydrogens is 477 g/mol. The van der Waals surface area contributed by atoms with Crippen molar-refractivity contribution in [3.63, 3.8) is 0 Å². The van der Waals surface area contributed by atoms with Gasteiger partial charge in [0.2, 0.25) is 0 Å². The second kappa shape index (κ2) is 12.4. The molecule has 3 N–H and O–H groups in total. The predicted molar refractivity (Wildman–Crippen MR) is 132 cm³/mol. The zero-order valence-corrected chi connectivity index (χ0v) is 20.2. The Morgan fingerprint density at radius 2 is 2.14 bits per heavy atom. The van der Waals surface area contributed by atoms with Crippen molar-refractivity contribution in [2.24, 2.45) is 10.9 Å². The van der Waals surface area contributed by atoms with E-state index in [9.17, 15) is 0 Å². The van der Waals surface area contributed by atoms with E-state index >= 15 is 0 Å². The van der Waals surface area contributed by atoms with Crippen molar-refractivity contribution in [1.29, 1.82) is 0 Å². The molecule has 1 saturated heterocycles. The first-order valence-corrected chi connectivity index (χ1v) is 10.6. The summed E-state index contributed by atoms with van der Waals surface area (Å²) in [5.41, 5.74) is 2.53. The van der Waals surface area contributed by atoms with Crippen LogP contribution in [0.2, 0.25) is 0 Å². The number of fused-ring (bicyclic) bond motifs is 1. The number of aromatic amines is 1.